The molecule has 0 saturated heterocycles. The second kappa shape index (κ2) is 11.6. The Morgan fingerprint density at radius 1 is 0.511 bits per heavy atom. The average molecular weight is 623 g/mol. The number of hydrogen-bond acceptors (Lipinski definition) is 4. The molecule has 0 aliphatic heterocycles. The van der Waals surface area contributed by atoms with Crippen LogP contribution in [0.1, 0.15) is 43.0 Å². The number of nitrogens with two attached hydrogens (primary N) is 2. The number of halogens is 2. The van der Waals surface area contributed by atoms with Gasteiger partial charge in [-0.1, -0.05) is 60.7 Å². The van der Waals surface area contributed by atoms with E-state index in [-0.39, 0.29) is 11.4 Å². The van der Waals surface area contributed by atoms with Crippen LogP contribution in [0, 0.1) is 11.6 Å². The quantitative estimate of drug-likeness (QED) is 0.141. The summed E-state index contributed by atoms with van der Waals surface area (Å²) >= 11 is 0. The van der Waals surface area contributed by atoms with Gasteiger partial charge in [0.2, 0.25) is 0 Å². The van der Waals surface area contributed by atoms with E-state index in [2.05, 4.69) is 10.6 Å². The van der Waals surface area contributed by atoms with Crippen LogP contribution in [-0.4, -0.2) is 11.8 Å². The van der Waals surface area contributed by atoms with E-state index in [1.165, 1.54) is 24.3 Å². The lowest BCUT2D eigenvalue weighted by Gasteiger charge is -2.34. The van der Waals surface area contributed by atoms with Gasteiger partial charge in [0.1, 0.15) is 11.6 Å². The Hall–Kier alpha value is -6.28. The van der Waals surface area contributed by atoms with Crippen molar-refractivity contribution in [2.24, 2.45) is 0 Å². The number of benzene rings is 6. The van der Waals surface area contributed by atoms with Gasteiger partial charge in [-0.25, -0.2) is 8.78 Å². The highest BCUT2D eigenvalue weighted by molar-refractivity contribution is 6.05. The maximum Gasteiger partial charge on any atom is 0.255 e. The fraction of sp³-hybridized carbons (Fsp3) is 0.0256. The fourth-order valence-electron chi connectivity index (χ4n) is 6.38. The molecular weight excluding hydrogens is 594 g/mol. The van der Waals surface area contributed by atoms with E-state index in [0.29, 0.717) is 33.6 Å². The molecule has 6 aromatic rings. The molecule has 6 N–H and O–H groups in total. The monoisotopic (exact) mass is 622 g/mol. The summed E-state index contributed by atoms with van der Waals surface area (Å²) in [5.41, 5.74) is 16.7. The first-order valence-corrected chi connectivity index (χ1v) is 14.9. The molecule has 1 aliphatic rings. The van der Waals surface area contributed by atoms with Crippen LogP contribution < -0.4 is 22.1 Å². The smallest absolute Gasteiger partial charge is 0.255 e. The van der Waals surface area contributed by atoms with E-state index in [9.17, 15) is 9.59 Å². The zero-order chi connectivity index (χ0) is 32.7. The minimum atomic E-state index is -1.12. The molecule has 6 nitrogen and oxygen atoms in total. The summed E-state index contributed by atoms with van der Waals surface area (Å²) in [5, 5.41) is 5.29. The lowest BCUT2D eigenvalue weighted by atomic mass is 9.67. The minimum Gasteiger partial charge on any atom is -0.399 e. The van der Waals surface area contributed by atoms with E-state index >= 15 is 8.78 Å². The number of amides is 2. The zero-order valence-corrected chi connectivity index (χ0v) is 24.9. The Morgan fingerprint density at radius 3 is 1.28 bits per heavy atom. The topological polar surface area (TPSA) is 110 Å². The van der Waals surface area contributed by atoms with Gasteiger partial charge in [-0.2, -0.15) is 0 Å². The van der Waals surface area contributed by atoms with E-state index in [0.717, 1.165) is 22.3 Å². The Morgan fingerprint density at radius 2 is 0.894 bits per heavy atom. The van der Waals surface area contributed by atoms with E-state index < -0.39 is 28.9 Å². The number of anilines is 4. The first-order chi connectivity index (χ1) is 22.8. The number of fused-ring (bicyclic) bond motifs is 3. The molecule has 0 unspecified atom stereocenters. The molecule has 1 aliphatic carbocycles. The molecule has 0 radical (unpaired) electrons. The predicted molar refractivity (Wildman–Crippen MR) is 181 cm³/mol. The highest BCUT2D eigenvalue weighted by Crippen LogP contribution is 2.56. The van der Waals surface area contributed by atoms with Gasteiger partial charge in [0, 0.05) is 22.5 Å². The number of nitrogen functional groups attached to an aromatic ring is 2. The number of hydrogen-bond donors (Lipinski definition) is 4. The van der Waals surface area contributed by atoms with Crippen molar-refractivity contribution in [2.45, 2.75) is 5.41 Å². The second-order valence-corrected chi connectivity index (χ2v) is 11.4. The van der Waals surface area contributed by atoms with Crippen LogP contribution >= 0.6 is 0 Å². The second-order valence-electron chi connectivity index (χ2n) is 11.4. The van der Waals surface area contributed by atoms with Crippen molar-refractivity contribution in [1.29, 1.82) is 0 Å². The summed E-state index contributed by atoms with van der Waals surface area (Å²) in [6.07, 6.45) is 0. The van der Waals surface area contributed by atoms with Gasteiger partial charge in [0.05, 0.1) is 16.8 Å². The van der Waals surface area contributed by atoms with Crippen LogP contribution in [0.3, 0.4) is 0 Å². The standard InChI is InChI=1S/C39H28F2N4O2/c40-33-21-25(13-19-35(33)44-37(46)23-9-15-27(42)16-10-23)39(31-7-3-1-5-29(31)30-6-2-4-8-32(30)39)26-14-20-36(34(41)22-26)45-38(47)24-11-17-28(43)18-12-24/h1-22H,42-43H2,(H,44,46)(H,45,47). The molecule has 0 fully saturated rings. The zero-order valence-electron chi connectivity index (χ0n) is 24.9. The normalized spacial score (nSPS) is 12.6. The molecule has 47 heavy (non-hydrogen) atoms. The van der Waals surface area contributed by atoms with Crippen molar-refractivity contribution in [2.75, 3.05) is 22.1 Å². The molecule has 7 rings (SSSR count). The van der Waals surface area contributed by atoms with Crippen molar-refractivity contribution >= 4 is 34.6 Å². The fourth-order valence-corrected chi connectivity index (χ4v) is 6.38. The molecule has 0 bridgehead atoms. The van der Waals surface area contributed by atoms with Crippen LogP contribution in [0.5, 0.6) is 0 Å². The molecule has 0 aromatic heterocycles. The largest absolute Gasteiger partial charge is 0.399 e. The van der Waals surface area contributed by atoms with Crippen molar-refractivity contribution in [3.05, 3.63) is 178 Å². The first-order valence-electron chi connectivity index (χ1n) is 14.9. The lowest BCUT2D eigenvalue weighted by molar-refractivity contribution is 0.101. The minimum absolute atomic E-state index is 0.00259. The number of carbonyl (C=O) groups is 2. The van der Waals surface area contributed by atoms with Crippen molar-refractivity contribution in [3.63, 3.8) is 0 Å². The van der Waals surface area contributed by atoms with Gasteiger partial charge in [0.25, 0.3) is 11.8 Å². The summed E-state index contributed by atoms with van der Waals surface area (Å²) in [7, 11) is 0. The highest BCUT2D eigenvalue weighted by atomic mass is 19.1. The van der Waals surface area contributed by atoms with Gasteiger partial charge >= 0.3 is 0 Å². The summed E-state index contributed by atoms with van der Waals surface area (Å²) in [5.74, 6) is -2.27. The summed E-state index contributed by atoms with van der Waals surface area (Å²) in [4.78, 5) is 25.8. The van der Waals surface area contributed by atoms with Crippen LogP contribution in [-0.2, 0) is 5.41 Å². The van der Waals surface area contributed by atoms with Crippen LogP contribution in [0.15, 0.2) is 133 Å². The molecule has 2 amide bonds. The van der Waals surface area contributed by atoms with E-state index in [1.807, 2.05) is 48.5 Å². The Balaban J connectivity index is 1.33. The molecule has 230 valence electrons. The summed E-state index contributed by atoms with van der Waals surface area (Å²) in [6.45, 7) is 0. The molecule has 0 spiro atoms. The van der Waals surface area contributed by atoms with Gasteiger partial charge in [-0.05, 0) is 106 Å². The molecule has 6 aromatic carbocycles. The molecule has 0 atom stereocenters. The molecular formula is C39H28F2N4O2. The predicted octanol–water partition coefficient (Wildman–Crippen LogP) is 8.00. The van der Waals surface area contributed by atoms with Crippen molar-refractivity contribution in [3.8, 4) is 11.1 Å². The van der Waals surface area contributed by atoms with E-state index in [4.69, 9.17) is 11.5 Å². The molecule has 0 saturated carbocycles. The maximum atomic E-state index is 16.0. The summed E-state index contributed by atoms with van der Waals surface area (Å²) < 4.78 is 32.0. The van der Waals surface area contributed by atoms with Crippen molar-refractivity contribution < 1.29 is 18.4 Å². The van der Waals surface area contributed by atoms with Gasteiger partial charge < -0.3 is 22.1 Å². The molecule has 8 heteroatoms. The highest BCUT2D eigenvalue weighted by Gasteiger charge is 2.46. The van der Waals surface area contributed by atoms with Crippen LogP contribution in [0.2, 0.25) is 0 Å². The maximum absolute atomic E-state index is 16.0. The Bertz CT molecular complexity index is 2020. The third-order valence-corrected chi connectivity index (χ3v) is 8.60. The van der Waals surface area contributed by atoms with Crippen LogP contribution in [0.4, 0.5) is 31.5 Å². The van der Waals surface area contributed by atoms with Gasteiger partial charge in [0.15, 0.2) is 0 Å². The Kier molecular flexibility index (Phi) is 7.25. The third kappa shape index (κ3) is 5.06. The SMILES string of the molecule is Nc1ccc(C(=O)Nc2ccc(C3(c4ccc(NC(=O)c5ccc(N)cc5)c(F)c4)c4ccccc4-c4ccccc43)cc2F)cc1. The van der Waals surface area contributed by atoms with E-state index in [1.54, 1.807) is 60.7 Å². The molecule has 0 heterocycles. The number of rotatable bonds is 6. The number of carbonyl (C=O) groups excluding carboxylic acids is 2. The van der Waals surface area contributed by atoms with Gasteiger partial charge in [-0.3, -0.25) is 9.59 Å². The average Bonchev–Trinajstić information content (AvgIpc) is 3.38. The lowest BCUT2D eigenvalue weighted by Crippen LogP contribution is -2.29. The van der Waals surface area contributed by atoms with Crippen molar-refractivity contribution in [1.82, 2.24) is 0 Å². The first kappa shape index (κ1) is 29.4. The summed E-state index contributed by atoms with van der Waals surface area (Å²) in [6, 6.07) is 37.5. The van der Waals surface area contributed by atoms with Crippen LogP contribution in [0.25, 0.3) is 11.1 Å². The number of nitrogens with one attached hydrogen (secondary N) is 2. The Labute approximate surface area is 269 Å². The van der Waals surface area contributed by atoms with Gasteiger partial charge in [-0.15, -0.1) is 0 Å². The third-order valence-electron chi connectivity index (χ3n) is 8.60.